The molecule has 2 aromatic rings. The highest BCUT2D eigenvalue weighted by atomic mass is 16.5. The monoisotopic (exact) mass is 317 g/mol. The van der Waals surface area contributed by atoms with Gasteiger partial charge in [0.1, 0.15) is 11.5 Å². The summed E-state index contributed by atoms with van der Waals surface area (Å²) < 4.78 is 10.4. The second-order valence-corrected chi connectivity index (χ2v) is 5.42. The van der Waals surface area contributed by atoms with Crippen LogP contribution < -0.4 is 15.4 Å². The van der Waals surface area contributed by atoms with Gasteiger partial charge in [0.05, 0.1) is 12.6 Å². The van der Waals surface area contributed by atoms with Gasteiger partial charge in [-0.1, -0.05) is 17.3 Å². The molecule has 0 aliphatic heterocycles. The van der Waals surface area contributed by atoms with Crippen molar-refractivity contribution in [2.24, 2.45) is 0 Å². The van der Waals surface area contributed by atoms with Crippen LogP contribution in [-0.4, -0.2) is 23.7 Å². The van der Waals surface area contributed by atoms with Crippen LogP contribution in [-0.2, 0) is 4.79 Å². The van der Waals surface area contributed by atoms with Crippen LogP contribution in [0.1, 0.15) is 38.1 Å². The number of hydrogen-bond acceptors (Lipinski definition) is 5. The Hall–Kier alpha value is -2.34. The SMILES string of the molecule is CCOc1ccc([C@@H](C)N[C@@H](C)C(=O)Nc2cc(C)on2)cc1. The summed E-state index contributed by atoms with van der Waals surface area (Å²) in [5.41, 5.74) is 1.09. The highest BCUT2D eigenvalue weighted by molar-refractivity contribution is 5.93. The van der Waals surface area contributed by atoms with Crippen LogP contribution in [0.5, 0.6) is 5.75 Å². The van der Waals surface area contributed by atoms with E-state index in [0.29, 0.717) is 18.2 Å². The number of anilines is 1. The Morgan fingerprint density at radius 3 is 2.57 bits per heavy atom. The van der Waals surface area contributed by atoms with Crippen molar-refractivity contribution in [3.8, 4) is 5.75 Å². The van der Waals surface area contributed by atoms with Gasteiger partial charge >= 0.3 is 0 Å². The van der Waals surface area contributed by atoms with Gasteiger partial charge in [-0.3, -0.25) is 10.1 Å². The van der Waals surface area contributed by atoms with Crippen molar-refractivity contribution in [1.29, 1.82) is 0 Å². The lowest BCUT2D eigenvalue weighted by Crippen LogP contribution is -2.39. The lowest BCUT2D eigenvalue weighted by molar-refractivity contribution is -0.118. The first-order chi connectivity index (χ1) is 11.0. The van der Waals surface area contributed by atoms with Gasteiger partial charge < -0.3 is 14.6 Å². The largest absolute Gasteiger partial charge is 0.494 e. The van der Waals surface area contributed by atoms with Crippen LogP contribution in [0.2, 0.25) is 0 Å². The van der Waals surface area contributed by atoms with Crippen LogP contribution in [0.3, 0.4) is 0 Å². The molecule has 0 unspecified atom stereocenters. The van der Waals surface area contributed by atoms with Crippen LogP contribution in [0.25, 0.3) is 0 Å². The van der Waals surface area contributed by atoms with Crippen molar-refractivity contribution in [3.05, 3.63) is 41.7 Å². The highest BCUT2D eigenvalue weighted by Crippen LogP contribution is 2.18. The number of carbonyl (C=O) groups is 1. The van der Waals surface area contributed by atoms with E-state index < -0.39 is 0 Å². The minimum absolute atomic E-state index is 0.0328. The standard InChI is InChI=1S/C17H23N3O3/c1-5-22-15-8-6-14(7-9-15)12(3)18-13(4)17(21)19-16-10-11(2)23-20-16/h6-10,12-13,18H,5H2,1-4H3,(H,19,20,21)/t12-,13+/m1/s1. The number of carbonyl (C=O) groups excluding carboxylic acids is 1. The molecule has 1 aromatic carbocycles. The van der Waals surface area contributed by atoms with Gasteiger partial charge in [-0.25, -0.2) is 0 Å². The third kappa shape index (κ3) is 4.82. The second-order valence-electron chi connectivity index (χ2n) is 5.42. The maximum absolute atomic E-state index is 12.2. The van der Waals surface area contributed by atoms with E-state index in [1.807, 2.05) is 45.0 Å². The first-order valence-electron chi connectivity index (χ1n) is 7.72. The zero-order chi connectivity index (χ0) is 16.8. The molecule has 2 N–H and O–H groups in total. The fraction of sp³-hybridized carbons (Fsp3) is 0.412. The predicted molar refractivity (Wildman–Crippen MR) is 88.5 cm³/mol. The van der Waals surface area contributed by atoms with Gasteiger partial charge in [-0.2, -0.15) is 0 Å². The minimum atomic E-state index is -0.367. The predicted octanol–water partition coefficient (Wildman–Crippen LogP) is 3.06. The number of hydrogen-bond donors (Lipinski definition) is 2. The van der Waals surface area contributed by atoms with E-state index in [2.05, 4.69) is 15.8 Å². The lowest BCUT2D eigenvalue weighted by atomic mass is 10.1. The minimum Gasteiger partial charge on any atom is -0.494 e. The van der Waals surface area contributed by atoms with E-state index in [1.54, 1.807) is 13.0 Å². The van der Waals surface area contributed by atoms with E-state index >= 15 is 0 Å². The van der Waals surface area contributed by atoms with Crippen LogP contribution in [0.4, 0.5) is 5.82 Å². The Bertz CT molecular complexity index is 637. The van der Waals surface area contributed by atoms with Crippen molar-refractivity contribution >= 4 is 11.7 Å². The Kier molecular flexibility index (Phi) is 5.76. The molecule has 0 fully saturated rings. The number of aryl methyl sites for hydroxylation is 1. The zero-order valence-electron chi connectivity index (χ0n) is 13.9. The third-order valence-corrected chi connectivity index (χ3v) is 3.46. The topological polar surface area (TPSA) is 76.4 Å². The molecule has 6 nitrogen and oxygen atoms in total. The number of benzene rings is 1. The summed E-state index contributed by atoms with van der Waals surface area (Å²) in [5, 5.41) is 9.74. The smallest absolute Gasteiger partial charge is 0.242 e. The van der Waals surface area contributed by atoms with Gasteiger partial charge in [0.2, 0.25) is 5.91 Å². The van der Waals surface area contributed by atoms with Crippen LogP contribution in [0.15, 0.2) is 34.9 Å². The molecular weight excluding hydrogens is 294 g/mol. The molecule has 1 aromatic heterocycles. The number of nitrogens with one attached hydrogen (secondary N) is 2. The molecule has 0 radical (unpaired) electrons. The maximum Gasteiger partial charge on any atom is 0.242 e. The number of amides is 1. The van der Waals surface area contributed by atoms with E-state index in [0.717, 1.165) is 11.3 Å². The summed E-state index contributed by atoms with van der Waals surface area (Å²) in [4.78, 5) is 12.2. The maximum atomic E-state index is 12.2. The summed E-state index contributed by atoms with van der Waals surface area (Å²) in [6.45, 7) is 8.20. The van der Waals surface area contributed by atoms with Crippen molar-refractivity contribution in [1.82, 2.24) is 10.5 Å². The molecule has 6 heteroatoms. The van der Waals surface area contributed by atoms with Crippen molar-refractivity contribution < 1.29 is 14.1 Å². The normalized spacial score (nSPS) is 13.4. The quantitative estimate of drug-likeness (QED) is 0.821. The molecule has 1 amide bonds. The Morgan fingerprint density at radius 1 is 1.30 bits per heavy atom. The van der Waals surface area contributed by atoms with E-state index in [4.69, 9.17) is 9.26 Å². The molecule has 0 saturated heterocycles. The van der Waals surface area contributed by atoms with Gasteiger partial charge in [-0.15, -0.1) is 0 Å². The van der Waals surface area contributed by atoms with Crippen LogP contribution in [0, 0.1) is 6.92 Å². The molecule has 0 saturated carbocycles. The molecule has 0 bridgehead atoms. The van der Waals surface area contributed by atoms with Crippen molar-refractivity contribution in [2.45, 2.75) is 39.8 Å². The summed E-state index contributed by atoms with van der Waals surface area (Å²) in [5.74, 6) is 1.77. The van der Waals surface area contributed by atoms with Gasteiger partial charge in [-0.05, 0) is 45.4 Å². The Labute approximate surface area is 136 Å². The van der Waals surface area contributed by atoms with Crippen LogP contribution >= 0.6 is 0 Å². The molecular formula is C17H23N3O3. The first kappa shape index (κ1) is 17.0. The number of ether oxygens (including phenoxy) is 1. The Balaban J connectivity index is 1.90. The fourth-order valence-electron chi connectivity index (χ4n) is 2.23. The summed E-state index contributed by atoms with van der Waals surface area (Å²) in [6.07, 6.45) is 0. The third-order valence-electron chi connectivity index (χ3n) is 3.46. The average Bonchev–Trinajstić information content (AvgIpc) is 2.93. The molecule has 2 atom stereocenters. The van der Waals surface area contributed by atoms with E-state index in [1.165, 1.54) is 0 Å². The summed E-state index contributed by atoms with van der Waals surface area (Å²) >= 11 is 0. The molecule has 2 rings (SSSR count). The highest BCUT2D eigenvalue weighted by Gasteiger charge is 2.17. The van der Waals surface area contributed by atoms with E-state index in [-0.39, 0.29) is 18.0 Å². The molecule has 1 heterocycles. The molecule has 0 aliphatic carbocycles. The molecule has 0 aliphatic rings. The zero-order valence-corrected chi connectivity index (χ0v) is 13.9. The molecule has 23 heavy (non-hydrogen) atoms. The van der Waals surface area contributed by atoms with Crippen molar-refractivity contribution in [3.63, 3.8) is 0 Å². The molecule has 0 spiro atoms. The van der Waals surface area contributed by atoms with E-state index in [9.17, 15) is 4.79 Å². The second kappa shape index (κ2) is 7.78. The van der Waals surface area contributed by atoms with Gasteiger partial charge in [0.15, 0.2) is 5.82 Å². The number of nitrogens with zero attached hydrogens (tertiary/aromatic N) is 1. The average molecular weight is 317 g/mol. The number of aromatic nitrogens is 1. The summed E-state index contributed by atoms with van der Waals surface area (Å²) in [6, 6.07) is 9.20. The fourth-order valence-corrected chi connectivity index (χ4v) is 2.23. The van der Waals surface area contributed by atoms with Crippen molar-refractivity contribution in [2.75, 3.05) is 11.9 Å². The van der Waals surface area contributed by atoms with Gasteiger partial charge in [0, 0.05) is 12.1 Å². The molecule has 124 valence electrons. The Morgan fingerprint density at radius 2 is 2.00 bits per heavy atom. The summed E-state index contributed by atoms with van der Waals surface area (Å²) in [7, 11) is 0. The van der Waals surface area contributed by atoms with Gasteiger partial charge in [0.25, 0.3) is 0 Å². The lowest BCUT2D eigenvalue weighted by Gasteiger charge is -2.19. The first-order valence-corrected chi connectivity index (χ1v) is 7.72. The number of rotatable bonds is 7.